The maximum absolute atomic E-state index is 4.31. The molecule has 0 spiro atoms. The first-order valence-corrected chi connectivity index (χ1v) is 6.53. The van der Waals surface area contributed by atoms with Gasteiger partial charge in [0, 0.05) is 19.6 Å². The molecule has 5 heteroatoms. The third-order valence-corrected chi connectivity index (χ3v) is 2.64. The number of nitrogens with zero attached hydrogens (tertiary/aromatic N) is 4. The topological polar surface area (TPSA) is 46.0 Å². The zero-order valence-electron chi connectivity index (χ0n) is 11.3. The van der Waals surface area contributed by atoms with Crippen molar-refractivity contribution in [1.29, 1.82) is 0 Å². The molecule has 0 bridgehead atoms. The van der Waals surface area contributed by atoms with E-state index in [9.17, 15) is 0 Å². The lowest BCUT2D eigenvalue weighted by Crippen LogP contribution is -2.30. The molecule has 0 saturated heterocycles. The molecular weight excluding hydrogens is 214 g/mol. The molecule has 0 aliphatic heterocycles. The van der Waals surface area contributed by atoms with Crippen molar-refractivity contribution in [2.45, 2.75) is 39.8 Å². The highest BCUT2D eigenvalue weighted by molar-refractivity contribution is 4.84. The predicted molar refractivity (Wildman–Crippen MR) is 69.8 cm³/mol. The molecule has 1 aromatic heterocycles. The molecule has 1 aromatic rings. The van der Waals surface area contributed by atoms with Crippen molar-refractivity contribution in [1.82, 2.24) is 25.0 Å². The molecule has 1 rings (SSSR count). The number of likely N-dealkylation sites (N-methyl/N-ethyl adjacent to an activating group) is 1. The Hall–Kier alpha value is -0.940. The summed E-state index contributed by atoms with van der Waals surface area (Å²) in [4.78, 5) is 6.59. The lowest BCUT2D eigenvalue weighted by Gasteiger charge is -2.16. The van der Waals surface area contributed by atoms with E-state index in [1.165, 1.54) is 6.42 Å². The van der Waals surface area contributed by atoms with Crippen LogP contribution in [0.25, 0.3) is 0 Å². The van der Waals surface area contributed by atoms with Gasteiger partial charge in [-0.2, -0.15) is 5.10 Å². The summed E-state index contributed by atoms with van der Waals surface area (Å²) in [5.41, 5.74) is 0. The second kappa shape index (κ2) is 8.20. The van der Waals surface area contributed by atoms with Crippen LogP contribution in [0.15, 0.2) is 6.33 Å². The molecule has 0 saturated carbocycles. The zero-order chi connectivity index (χ0) is 12.5. The quantitative estimate of drug-likeness (QED) is 0.656. The average Bonchev–Trinajstić information content (AvgIpc) is 2.73. The molecule has 0 aliphatic carbocycles. The average molecular weight is 239 g/mol. The van der Waals surface area contributed by atoms with Crippen LogP contribution in [-0.4, -0.2) is 46.3 Å². The first-order chi connectivity index (χ1) is 8.27. The predicted octanol–water partition coefficient (Wildman–Crippen LogP) is 1.12. The molecule has 1 N–H and O–H groups in total. The van der Waals surface area contributed by atoms with E-state index in [1.807, 2.05) is 4.68 Å². The highest BCUT2D eigenvalue weighted by atomic mass is 15.3. The molecule has 1 heterocycles. The van der Waals surface area contributed by atoms with Crippen molar-refractivity contribution in [3.05, 3.63) is 12.2 Å². The van der Waals surface area contributed by atoms with Crippen LogP contribution >= 0.6 is 0 Å². The summed E-state index contributed by atoms with van der Waals surface area (Å²) in [6.07, 6.45) is 3.93. The molecule has 5 nitrogen and oxygen atoms in total. The van der Waals surface area contributed by atoms with E-state index >= 15 is 0 Å². The van der Waals surface area contributed by atoms with Gasteiger partial charge in [-0.25, -0.2) is 9.67 Å². The normalized spacial score (nSPS) is 11.3. The van der Waals surface area contributed by atoms with Gasteiger partial charge in [0.2, 0.25) is 0 Å². The van der Waals surface area contributed by atoms with E-state index in [2.05, 4.69) is 41.2 Å². The number of rotatable bonds is 9. The molecule has 0 radical (unpaired) electrons. The summed E-state index contributed by atoms with van der Waals surface area (Å²) in [5.74, 6) is 1.06. The SMILES string of the molecule is CCCNCCN(C)Cc1ncnn1CCC. The van der Waals surface area contributed by atoms with Crippen LogP contribution in [0, 0.1) is 0 Å². The Morgan fingerprint density at radius 2 is 2.12 bits per heavy atom. The van der Waals surface area contributed by atoms with E-state index < -0.39 is 0 Å². The van der Waals surface area contributed by atoms with Crippen molar-refractivity contribution < 1.29 is 0 Å². The van der Waals surface area contributed by atoms with Gasteiger partial charge in [-0.05, 0) is 26.4 Å². The van der Waals surface area contributed by atoms with Crippen LogP contribution in [-0.2, 0) is 13.1 Å². The first kappa shape index (κ1) is 14.1. The van der Waals surface area contributed by atoms with Gasteiger partial charge in [0.25, 0.3) is 0 Å². The Bertz CT molecular complexity index is 297. The molecular formula is C12H25N5. The standard InChI is InChI=1S/C12H25N5/c1-4-6-13-7-9-16(3)10-12-14-11-15-17(12)8-5-2/h11,13H,4-10H2,1-3H3. The van der Waals surface area contributed by atoms with Crippen molar-refractivity contribution in [3.8, 4) is 0 Å². The molecule has 0 atom stereocenters. The molecule has 0 aromatic carbocycles. The number of hydrogen-bond donors (Lipinski definition) is 1. The van der Waals surface area contributed by atoms with E-state index in [0.717, 1.165) is 45.0 Å². The van der Waals surface area contributed by atoms with Crippen LogP contribution in [0.5, 0.6) is 0 Å². The number of aromatic nitrogens is 3. The van der Waals surface area contributed by atoms with Crippen LogP contribution in [0.1, 0.15) is 32.5 Å². The molecule has 0 unspecified atom stereocenters. The van der Waals surface area contributed by atoms with Crippen molar-refractivity contribution >= 4 is 0 Å². The zero-order valence-corrected chi connectivity index (χ0v) is 11.3. The molecule has 0 fully saturated rings. The van der Waals surface area contributed by atoms with Crippen molar-refractivity contribution in [2.75, 3.05) is 26.7 Å². The Morgan fingerprint density at radius 3 is 2.82 bits per heavy atom. The highest BCUT2D eigenvalue weighted by Crippen LogP contribution is 1.99. The maximum atomic E-state index is 4.31. The molecule has 98 valence electrons. The van der Waals surface area contributed by atoms with Gasteiger partial charge in [-0.15, -0.1) is 0 Å². The molecule has 17 heavy (non-hydrogen) atoms. The van der Waals surface area contributed by atoms with E-state index in [0.29, 0.717) is 0 Å². The van der Waals surface area contributed by atoms with Gasteiger partial charge in [-0.1, -0.05) is 13.8 Å². The highest BCUT2D eigenvalue weighted by Gasteiger charge is 2.06. The van der Waals surface area contributed by atoms with Crippen LogP contribution in [0.2, 0.25) is 0 Å². The van der Waals surface area contributed by atoms with Crippen LogP contribution in [0.4, 0.5) is 0 Å². The Morgan fingerprint density at radius 1 is 1.29 bits per heavy atom. The Kier molecular flexibility index (Phi) is 6.81. The molecule has 0 amide bonds. The fourth-order valence-electron chi connectivity index (χ4n) is 1.70. The lowest BCUT2D eigenvalue weighted by atomic mass is 10.4. The first-order valence-electron chi connectivity index (χ1n) is 6.53. The van der Waals surface area contributed by atoms with E-state index in [4.69, 9.17) is 0 Å². The third kappa shape index (κ3) is 5.28. The third-order valence-electron chi connectivity index (χ3n) is 2.64. The minimum atomic E-state index is 0.869. The van der Waals surface area contributed by atoms with Crippen LogP contribution in [0.3, 0.4) is 0 Å². The second-order valence-corrected chi connectivity index (χ2v) is 4.39. The number of hydrogen-bond acceptors (Lipinski definition) is 4. The van der Waals surface area contributed by atoms with E-state index in [-0.39, 0.29) is 0 Å². The number of nitrogens with one attached hydrogen (secondary N) is 1. The molecule has 0 aliphatic rings. The summed E-state index contributed by atoms with van der Waals surface area (Å²) < 4.78 is 2.00. The maximum Gasteiger partial charge on any atom is 0.140 e. The summed E-state index contributed by atoms with van der Waals surface area (Å²) >= 11 is 0. The van der Waals surface area contributed by atoms with Crippen LogP contribution < -0.4 is 5.32 Å². The van der Waals surface area contributed by atoms with Gasteiger partial charge in [0.15, 0.2) is 0 Å². The largest absolute Gasteiger partial charge is 0.315 e. The van der Waals surface area contributed by atoms with Gasteiger partial charge in [-0.3, -0.25) is 4.90 Å². The second-order valence-electron chi connectivity index (χ2n) is 4.39. The summed E-state index contributed by atoms with van der Waals surface area (Å²) in [6, 6.07) is 0. The Balaban J connectivity index is 2.29. The monoisotopic (exact) mass is 239 g/mol. The summed E-state index contributed by atoms with van der Waals surface area (Å²) in [7, 11) is 2.12. The lowest BCUT2D eigenvalue weighted by molar-refractivity contribution is 0.308. The Labute approximate surface area is 104 Å². The minimum absolute atomic E-state index is 0.869. The van der Waals surface area contributed by atoms with Gasteiger partial charge >= 0.3 is 0 Å². The minimum Gasteiger partial charge on any atom is -0.315 e. The smallest absolute Gasteiger partial charge is 0.140 e. The van der Waals surface area contributed by atoms with Gasteiger partial charge in [0.05, 0.1) is 6.54 Å². The van der Waals surface area contributed by atoms with Gasteiger partial charge in [0.1, 0.15) is 12.2 Å². The van der Waals surface area contributed by atoms with Gasteiger partial charge < -0.3 is 5.32 Å². The fourth-order valence-corrected chi connectivity index (χ4v) is 1.70. The summed E-state index contributed by atoms with van der Waals surface area (Å²) in [5, 5.41) is 7.63. The summed E-state index contributed by atoms with van der Waals surface area (Å²) in [6.45, 7) is 9.34. The van der Waals surface area contributed by atoms with E-state index in [1.54, 1.807) is 6.33 Å². The number of aryl methyl sites for hydroxylation is 1. The fraction of sp³-hybridized carbons (Fsp3) is 0.833. The van der Waals surface area contributed by atoms with Crippen molar-refractivity contribution in [2.24, 2.45) is 0 Å². The van der Waals surface area contributed by atoms with Crippen molar-refractivity contribution in [3.63, 3.8) is 0 Å².